The fourth-order valence-electron chi connectivity index (χ4n) is 1.22. The maximum Gasteiger partial charge on any atom is 0.0872 e. The van der Waals surface area contributed by atoms with Crippen LogP contribution in [0.25, 0.3) is 0 Å². The molecule has 0 saturated carbocycles. The number of aromatic nitrogens is 1. The SMILES string of the molecule is O[C@@H]1COC[C@H]1c1cncs1. The Hall–Kier alpha value is -0.450. The Balaban J connectivity index is 2.16. The number of rotatable bonds is 1. The molecule has 0 aliphatic carbocycles. The normalized spacial score (nSPS) is 31.0. The van der Waals surface area contributed by atoms with Crippen molar-refractivity contribution in [1.29, 1.82) is 0 Å². The van der Waals surface area contributed by atoms with Crippen molar-refractivity contribution in [3.8, 4) is 0 Å². The number of thiazole rings is 1. The number of aliphatic hydroxyl groups excluding tert-OH is 1. The van der Waals surface area contributed by atoms with Gasteiger partial charge in [-0.3, -0.25) is 4.98 Å². The average Bonchev–Trinajstić information content (AvgIpc) is 2.55. The zero-order valence-corrected chi connectivity index (χ0v) is 6.75. The highest BCUT2D eigenvalue weighted by atomic mass is 32.1. The topological polar surface area (TPSA) is 42.4 Å². The molecule has 0 amide bonds. The van der Waals surface area contributed by atoms with Crippen molar-refractivity contribution >= 4 is 11.3 Å². The molecule has 2 atom stereocenters. The summed E-state index contributed by atoms with van der Waals surface area (Å²) in [6.07, 6.45) is 1.46. The molecule has 1 saturated heterocycles. The van der Waals surface area contributed by atoms with Crippen LogP contribution in [0, 0.1) is 0 Å². The Bertz CT molecular complexity index is 224. The average molecular weight is 171 g/mol. The molecule has 1 aromatic rings. The predicted octanol–water partition coefficient (Wildman–Crippen LogP) is 0.618. The van der Waals surface area contributed by atoms with Gasteiger partial charge in [-0.15, -0.1) is 11.3 Å². The van der Waals surface area contributed by atoms with E-state index in [0.29, 0.717) is 13.2 Å². The van der Waals surface area contributed by atoms with Crippen LogP contribution in [0.2, 0.25) is 0 Å². The molecule has 1 aromatic heterocycles. The minimum Gasteiger partial charge on any atom is -0.390 e. The Morgan fingerprint density at radius 1 is 1.64 bits per heavy atom. The molecule has 11 heavy (non-hydrogen) atoms. The van der Waals surface area contributed by atoms with Crippen molar-refractivity contribution in [2.24, 2.45) is 0 Å². The molecule has 0 radical (unpaired) electrons. The summed E-state index contributed by atoms with van der Waals surface area (Å²) in [5, 5.41) is 9.41. The number of ether oxygens (including phenoxy) is 1. The fraction of sp³-hybridized carbons (Fsp3) is 0.571. The van der Waals surface area contributed by atoms with Gasteiger partial charge in [0.1, 0.15) is 0 Å². The van der Waals surface area contributed by atoms with Crippen molar-refractivity contribution in [3.05, 3.63) is 16.6 Å². The Labute approximate surface area is 68.7 Å². The molecule has 1 N–H and O–H groups in total. The lowest BCUT2D eigenvalue weighted by Gasteiger charge is -2.07. The van der Waals surface area contributed by atoms with Gasteiger partial charge in [0, 0.05) is 17.0 Å². The number of aliphatic hydroxyl groups is 1. The molecule has 1 fully saturated rings. The Morgan fingerprint density at radius 3 is 3.09 bits per heavy atom. The number of nitrogens with zero attached hydrogens (tertiary/aromatic N) is 1. The summed E-state index contributed by atoms with van der Waals surface area (Å²) in [5.41, 5.74) is 1.78. The molecule has 0 spiro atoms. The summed E-state index contributed by atoms with van der Waals surface area (Å²) in [4.78, 5) is 5.07. The molecular formula is C7H9NO2S. The first-order valence-electron chi connectivity index (χ1n) is 3.52. The molecule has 2 rings (SSSR count). The van der Waals surface area contributed by atoms with Crippen LogP contribution in [-0.2, 0) is 4.74 Å². The van der Waals surface area contributed by atoms with E-state index in [4.69, 9.17) is 4.74 Å². The van der Waals surface area contributed by atoms with Crippen molar-refractivity contribution in [1.82, 2.24) is 4.98 Å². The highest BCUT2D eigenvalue weighted by Crippen LogP contribution is 2.27. The van der Waals surface area contributed by atoms with Crippen LogP contribution in [0.3, 0.4) is 0 Å². The molecule has 3 nitrogen and oxygen atoms in total. The molecule has 60 valence electrons. The highest BCUT2D eigenvalue weighted by Gasteiger charge is 2.28. The van der Waals surface area contributed by atoms with Crippen LogP contribution in [0.1, 0.15) is 10.8 Å². The quantitative estimate of drug-likeness (QED) is 0.673. The molecule has 0 bridgehead atoms. The van der Waals surface area contributed by atoms with Crippen LogP contribution < -0.4 is 0 Å². The second-order valence-electron chi connectivity index (χ2n) is 2.62. The molecular weight excluding hydrogens is 162 g/mol. The smallest absolute Gasteiger partial charge is 0.0872 e. The molecule has 0 unspecified atom stereocenters. The summed E-state index contributed by atoms with van der Waals surface area (Å²) in [7, 11) is 0. The first kappa shape index (κ1) is 7.21. The van der Waals surface area contributed by atoms with Crippen LogP contribution in [0.15, 0.2) is 11.7 Å². The lowest BCUT2D eigenvalue weighted by Crippen LogP contribution is -2.14. The van der Waals surface area contributed by atoms with Crippen LogP contribution in [-0.4, -0.2) is 29.4 Å². The minimum absolute atomic E-state index is 0.155. The molecule has 4 heteroatoms. The molecule has 0 aromatic carbocycles. The van der Waals surface area contributed by atoms with Gasteiger partial charge in [-0.25, -0.2) is 0 Å². The van der Waals surface area contributed by atoms with Gasteiger partial charge in [0.2, 0.25) is 0 Å². The van der Waals surface area contributed by atoms with Crippen molar-refractivity contribution in [2.75, 3.05) is 13.2 Å². The second kappa shape index (κ2) is 2.89. The van der Waals surface area contributed by atoms with E-state index in [-0.39, 0.29) is 12.0 Å². The van der Waals surface area contributed by atoms with Gasteiger partial charge < -0.3 is 9.84 Å². The number of hydrogen-bond donors (Lipinski definition) is 1. The van der Waals surface area contributed by atoms with Gasteiger partial charge in [0.05, 0.1) is 24.8 Å². The van der Waals surface area contributed by atoms with E-state index in [1.54, 1.807) is 23.0 Å². The van der Waals surface area contributed by atoms with Crippen LogP contribution >= 0.6 is 11.3 Å². The van der Waals surface area contributed by atoms with Gasteiger partial charge in [-0.1, -0.05) is 0 Å². The molecule has 2 heterocycles. The summed E-state index contributed by atoms with van der Waals surface area (Å²) < 4.78 is 5.12. The summed E-state index contributed by atoms with van der Waals surface area (Å²) in [5.74, 6) is 0.155. The maximum absolute atomic E-state index is 9.41. The van der Waals surface area contributed by atoms with Gasteiger partial charge >= 0.3 is 0 Å². The predicted molar refractivity (Wildman–Crippen MR) is 41.7 cm³/mol. The molecule has 1 aliphatic rings. The Kier molecular flexibility index (Phi) is 1.89. The third-order valence-electron chi connectivity index (χ3n) is 1.87. The second-order valence-corrected chi connectivity index (χ2v) is 3.53. The zero-order chi connectivity index (χ0) is 7.68. The lowest BCUT2D eigenvalue weighted by molar-refractivity contribution is 0.125. The van der Waals surface area contributed by atoms with Crippen molar-refractivity contribution < 1.29 is 9.84 Å². The van der Waals surface area contributed by atoms with E-state index in [2.05, 4.69) is 4.98 Å². The van der Waals surface area contributed by atoms with E-state index in [0.717, 1.165) is 4.88 Å². The first-order valence-corrected chi connectivity index (χ1v) is 4.40. The van der Waals surface area contributed by atoms with Gasteiger partial charge in [0.25, 0.3) is 0 Å². The van der Waals surface area contributed by atoms with E-state index in [9.17, 15) is 5.11 Å². The van der Waals surface area contributed by atoms with Gasteiger partial charge in [-0.2, -0.15) is 0 Å². The van der Waals surface area contributed by atoms with Gasteiger partial charge in [0.15, 0.2) is 0 Å². The maximum atomic E-state index is 9.41. The fourth-order valence-corrected chi connectivity index (χ4v) is 1.99. The van der Waals surface area contributed by atoms with Crippen LogP contribution in [0.5, 0.6) is 0 Å². The van der Waals surface area contributed by atoms with E-state index >= 15 is 0 Å². The molecule has 1 aliphatic heterocycles. The van der Waals surface area contributed by atoms with Crippen LogP contribution in [0.4, 0.5) is 0 Å². The first-order chi connectivity index (χ1) is 5.38. The van der Waals surface area contributed by atoms with E-state index in [1.165, 1.54) is 0 Å². The monoisotopic (exact) mass is 171 g/mol. The zero-order valence-electron chi connectivity index (χ0n) is 5.93. The number of hydrogen-bond acceptors (Lipinski definition) is 4. The lowest BCUT2D eigenvalue weighted by atomic mass is 10.1. The highest BCUT2D eigenvalue weighted by molar-refractivity contribution is 7.09. The Morgan fingerprint density at radius 2 is 2.55 bits per heavy atom. The summed E-state index contributed by atoms with van der Waals surface area (Å²) in [6, 6.07) is 0. The standard InChI is InChI=1S/C7H9NO2S/c9-6-3-10-2-5(6)7-1-8-4-11-7/h1,4-6,9H,2-3H2/t5-,6-/m1/s1. The third-order valence-corrected chi connectivity index (χ3v) is 2.77. The van der Waals surface area contributed by atoms with Crippen molar-refractivity contribution in [3.63, 3.8) is 0 Å². The minimum atomic E-state index is -0.338. The van der Waals surface area contributed by atoms with E-state index < -0.39 is 0 Å². The summed E-state index contributed by atoms with van der Waals surface area (Å²) in [6.45, 7) is 1.09. The largest absolute Gasteiger partial charge is 0.390 e. The van der Waals surface area contributed by atoms with E-state index in [1.807, 2.05) is 0 Å². The summed E-state index contributed by atoms with van der Waals surface area (Å²) >= 11 is 1.57. The third kappa shape index (κ3) is 1.29. The van der Waals surface area contributed by atoms with Crippen molar-refractivity contribution in [2.45, 2.75) is 12.0 Å². The van der Waals surface area contributed by atoms with Gasteiger partial charge in [-0.05, 0) is 0 Å².